The minimum Gasteiger partial charge on any atom is -0.472 e. The van der Waals surface area contributed by atoms with Gasteiger partial charge in [0, 0.05) is 5.92 Å². The van der Waals surface area contributed by atoms with E-state index in [1.807, 2.05) is 0 Å². The first kappa shape index (κ1) is 14.8. The average Bonchev–Trinajstić information content (AvgIpc) is 3.01. The molecule has 7 heteroatoms. The lowest BCUT2D eigenvalue weighted by atomic mass is 9.79. The summed E-state index contributed by atoms with van der Waals surface area (Å²) in [6, 6.07) is 0. The van der Waals surface area contributed by atoms with Crippen molar-refractivity contribution in [3.05, 3.63) is 35.6 Å². The summed E-state index contributed by atoms with van der Waals surface area (Å²) in [4.78, 5) is 23.7. The lowest BCUT2D eigenvalue weighted by Crippen LogP contribution is -2.46. The molecule has 0 fully saturated rings. The van der Waals surface area contributed by atoms with E-state index in [0.29, 0.717) is 0 Å². The van der Waals surface area contributed by atoms with Gasteiger partial charge in [-0.05, 0) is 19.1 Å². The Morgan fingerprint density at radius 1 is 1.50 bits per heavy atom. The Kier molecular flexibility index (Phi) is 3.34. The van der Waals surface area contributed by atoms with Crippen LogP contribution < -0.4 is 0 Å². The zero-order chi connectivity index (χ0) is 16.1. The number of rotatable bonds is 2. The van der Waals surface area contributed by atoms with Crippen LogP contribution in [0.1, 0.15) is 6.92 Å². The second-order valence-electron chi connectivity index (χ2n) is 5.52. The molecule has 1 aliphatic carbocycles. The first-order valence-electron chi connectivity index (χ1n) is 6.85. The molecule has 22 heavy (non-hydrogen) atoms. The van der Waals surface area contributed by atoms with Gasteiger partial charge in [-0.1, -0.05) is 6.08 Å². The number of allylic oxidation sites excluding steroid dienone is 1. The number of hydrogen-bond donors (Lipinski definition) is 2. The normalized spacial score (nSPS) is 37.1. The second kappa shape index (κ2) is 4.96. The van der Waals surface area contributed by atoms with Crippen LogP contribution in [-0.2, 0) is 23.8 Å². The van der Waals surface area contributed by atoms with Gasteiger partial charge in [0.2, 0.25) is 6.29 Å². The molecule has 3 rings (SSSR count). The third-order valence-electron chi connectivity index (χ3n) is 4.23. The number of fused-ring (bicyclic) bond motifs is 2. The Labute approximate surface area is 126 Å². The number of hydrogen-bond acceptors (Lipinski definition) is 7. The number of esters is 2. The summed E-state index contributed by atoms with van der Waals surface area (Å²) < 4.78 is 15.2. The molecule has 3 aliphatic rings. The van der Waals surface area contributed by atoms with E-state index in [9.17, 15) is 19.8 Å². The molecule has 5 atom stereocenters. The predicted octanol–water partition coefficient (Wildman–Crippen LogP) is -0.203. The summed E-state index contributed by atoms with van der Waals surface area (Å²) in [6.07, 6.45) is 3.67. The van der Waals surface area contributed by atoms with Gasteiger partial charge in [-0.3, -0.25) is 0 Å². The largest absolute Gasteiger partial charge is 0.472 e. The van der Waals surface area contributed by atoms with Crippen LogP contribution in [0.15, 0.2) is 35.6 Å². The molecule has 2 aliphatic heterocycles. The fourth-order valence-corrected chi connectivity index (χ4v) is 3.16. The highest BCUT2D eigenvalue weighted by Crippen LogP contribution is 2.49. The zero-order valence-electron chi connectivity index (χ0n) is 12.1. The standard InChI is InChI=1S/C15H16O7/c1-7(16)9-5-15(22-13(9)18)4-3-8-10(12(17)20-2)6-21-14(19)11(8)15/h3-8,11,14,16,19H,1-2H3. The molecule has 0 aromatic rings. The minimum atomic E-state index is -1.26. The summed E-state index contributed by atoms with van der Waals surface area (Å²) in [5.74, 6) is -2.45. The van der Waals surface area contributed by atoms with Gasteiger partial charge >= 0.3 is 11.9 Å². The first-order valence-corrected chi connectivity index (χ1v) is 6.85. The highest BCUT2D eigenvalue weighted by molar-refractivity contribution is 5.94. The summed E-state index contributed by atoms with van der Waals surface area (Å²) >= 11 is 0. The maximum Gasteiger partial charge on any atom is 0.337 e. The molecular formula is C15H16O7. The summed E-state index contributed by atoms with van der Waals surface area (Å²) in [5, 5.41) is 19.8. The molecule has 0 bridgehead atoms. The van der Waals surface area contributed by atoms with E-state index < -0.39 is 41.8 Å². The maximum atomic E-state index is 11.9. The Morgan fingerprint density at radius 2 is 2.23 bits per heavy atom. The van der Waals surface area contributed by atoms with Crippen molar-refractivity contribution in [3.8, 4) is 0 Å². The van der Waals surface area contributed by atoms with Crippen LogP contribution in [0.5, 0.6) is 0 Å². The number of aliphatic hydroxyl groups excluding tert-OH is 2. The summed E-state index contributed by atoms with van der Waals surface area (Å²) in [6.45, 7) is 1.45. The Balaban J connectivity index is 2.00. The SMILES string of the molecule is COC(=O)C1=COC(O)C2C1C=CC21C=C(C(C)O)C(=O)O1. The van der Waals surface area contributed by atoms with Gasteiger partial charge in [-0.15, -0.1) is 0 Å². The molecule has 1 spiro atoms. The summed E-state index contributed by atoms with van der Waals surface area (Å²) in [5.41, 5.74) is -0.881. The van der Waals surface area contributed by atoms with Crippen molar-refractivity contribution in [3.63, 3.8) is 0 Å². The van der Waals surface area contributed by atoms with Crippen molar-refractivity contribution in [2.45, 2.75) is 24.9 Å². The molecule has 0 saturated heterocycles. The first-order chi connectivity index (χ1) is 10.4. The van der Waals surface area contributed by atoms with Crippen molar-refractivity contribution in [1.82, 2.24) is 0 Å². The predicted molar refractivity (Wildman–Crippen MR) is 71.9 cm³/mol. The second-order valence-corrected chi connectivity index (χ2v) is 5.52. The van der Waals surface area contributed by atoms with Crippen molar-refractivity contribution >= 4 is 11.9 Å². The quantitative estimate of drug-likeness (QED) is 0.538. The van der Waals surface area contributed by atoms with E-state index >= 15 is 0 Å². The van der Waals surface area contributed by atoms with E-state index in [-0.39, 0.29) is 11.1 Å². The van der Waals surface area contributed by atoms with Gasteiger partial charge in [-0.2, -0.15) is 0 Å². The molecule has 0 aromatic heterocycles. The van der Waals surface area contributed by atoms with Gasteiger partial charge in [0.05, 0.1) is 36.5 Å². The topological polar surface area (TPSA) is 102 Å². The highest BCUT2D eigenvalue weighted by Gasteiger charge is 2.57. The van der Waals surface area contributed by atoms with Crippen molar-refractivity contribution < 1.29 is 34.0 Å². The van der Waals surface area contributed by atoms with Crippen LogP contribution in [0.4, 0.5) is 0 Å². The van der Waals surface area contributed by atoms with Crippen molar-refractivity contribution in [1.29, 1.82) is 0 Å². The average molecular weight is 308 g/mol. The van der Waals surface area contributed by atoms with Crippen LogP contribution in [0.2, 0.25) is 0 Å². The maximum absolute atomic E-state index is 11.9. The molecular weight excluding hydrogens is 292 g/mol. The van der Waals surface area contributed by atoms with Gasteiger partial charge in [-0.25, -0.2) is 9.59 Å². The molecule has 7 nitrogen and oxygen atoms in total. The Morgan fingerprint density at radius 3 is 2.82 bits per heavy atom. The zero-order valence-corrected chi connectivity index (χ0v) is 12.1. The van der Waals surface area contributed by atoms with E-state index in [4.69, 9.17) is 14.2 Å². The third-order valence-corrected chi connectivity index (χ3v) is 4.23. The van der Waals surface area contributed by atoms with Crippen LogP contribution in [0.3, 0.4) is 0 Å². The molecule has 2 N–H and O–H groups in total. The van der Waals surface area contributed by atoms with Gasteiger partial charge in [0.1, 0.15) is 0 Å². The lowest BCUT2D eigenvalue weighted by Gasteiger charge is -2.37. The lowest BCUT2D eigenvalue weighted by molar-refractivity contribution is -0.172. The van der Waals surface area contributed by atoms with Crippen LogP contribution in [0.25, 0.3) is 0 Å². The smallest absolute Gasteiger partial charge is 0.337 e. The number of aliphatic hydroxyl groups is 2. The fraction of sp³-hybridized carbons (Fsp3) is 0.467. The van der Waals surface area contributed by atoms with E-state index in [1.165, 1.54) is 20.1 Å². The summed E-state index contributed by atoms with van der Waals surface area (Å²) in [7, 11) is 1.25. The fourth-order valence-electron chi connectivity index (χ4n) is 3.16. The molecule has 0 saturated carbocycles. The molecule has 2 heterocycles. The molecule has 0 aromatic carbocycles. The van der Waals surface area contributed by atoms with E-state index in [0.717, 1.165) is 6.26 Å². The minimum absolute atomic E-state index is 0.117. The number of carbonyl (C=O) groups is 2. The van der Waals surface area contributed by atoms with Crippen molar-refractivity contribution in [2.75, 3.05) is 7.11 Å². The molecule has 5 unspecified atom stereocenters. The number of methoxy groups -OCH3 is 1. The van der Waals surface area contributed by atoms with E-state index in [1.54, 1.807) is 12.2 Å². The van der Waals surface area contributed by atoms with Crippen LogP contribution >= 0.6 is 0 Å². The van der Waals surface area contributed by atoms with Crippen LogP contribution in [0, 0.1) is 11.8 Å². The Hall–Kier alpha value is -2.12. The van der Waals surface area contributed by atoms with Gasteiger partial charge < -0.3 is 24.4 Å². The van der Waals surface area contributed by atoms with Crippen LogP contribution in [-0.4, -0.2) is 47.3 Å². The van der Waals surface area contributed by atoms with E-state index in [2.05, 4.69) is 0 Å². The van der Waals surface area contributed by atoms with Gasteiger partial charge in [0.15, 0.2) is 5.60 Å². The van der Waals surface area contributed by atoms with Crippen molar-refractivity contribution in [2.24, 2.45) is 11.8 Å². The molecule has 0 amide bonds. The van der Waals surface area contributed by atoms with Gasteiger partial charge in [0.25, 0.3) is 0 Å². The highest BCUT2D eigenvalue weighted by atomic mass is 16.6. The number of ether oxygens (including phenoxy) is 3. The third kappa shape index (κ3) is 1.97. The molecule has 118 valence electrons. The number of carbonyl (C=O) groups excluding carboxylic acids is 2. The monoisotopic (exact) mass is 308 g/mol. The molecule has 0 radical (unpaired) electrons. The Bertz CT molecular complexity index is 615.